The molecule has 0 aromatic heterocycles. The maximum Gasteiger partial charge on any atom is 0.253 e. The Morgan fingerprint density at radius 2 is 1.82 bits per heavy atom. The van der Waals surface area contributed by atoms with Crippen molar-refractivity contribution < 1.29 is 13.6 Å². The molecule has 1 aromatic rings. The van der Waals surface area contributed by atoms with E-state index in [9.17, 15) is 13.6 Å². The van der Waals surface area contributed by atoms with Crippen LogP contribution in [0.1, 0.15) is 48.9 Å². The molecule has 22 heavy (non-hydrogen) atoms. The Morgan fingerprint density at radius 1 is 1.18 bits per heavy atom. The first-order chi connectivity index (χ1) is 10.5. The van der Waals surface area contributed by atoms with Gasteiger partial charge in [0.05, 0.1) is 11.3 Å². The highest BCUT2D eigenvalue weighted by atomic mass is 32.2. The first kappa shape index (κ1) is 15.6. The molecule has 2 bridgehead atoms. The van der Waals surface area contributed by atoms with Crippen LogP contribution in [0.5, 0.6) is 0 Å². The zero-order valence-electron chi connectivity index (χ0n) is 12.5. The zero-order chi connectivity index (χ0) is 15.8. The van der Waals surface area contributed by atoms with Crippen molar-refractivity contribution in [2.45, 2.75) is 49.7 Å². The highest BCUT2D eigenvalue weighted by molar-refractivity contribution is 7.99. The summed E-state index contributed by atoms with van der Waals surface area (Å²) in [5, 5.41) is 3.09. The first-order valence-corrected chi connectivity index (χ1v) is 8.78. The zero-order valence-corrected chi connectivity index (χ0v) is 13.4. The number of carbonyl (C=O) groups is 1. The van der Waals surface area contributed by atoms with E-state index in [4.69, 9.17) is 0 Å². The largest absolute Gasteiger partial charge is 0.347 e. The normalized spacial score (nSPS) is 30.1. The molecule has 1 amide bonds. The molecule has 3 aliphatic rings. The van der Waals surface area contributed by atoms with Crippen LogP contribution in [0.25, 0.3) is 0 Å². The van der Waals surface area contributed by atoms with E-state index in [1.807, 2.05) is 6.26 Å². The van der Waals surface area contributed by atoms with Crippen molar-refractivity contribution >= 4 is 23.5 Å². The smallest absolute Gasteiger partial charge is 0.253 e. The first-order valence-electron chi connectivity index (χ1n) is 7.55. The van der Waals surface area contributed by atoms with Crippen molar-refractivity contribution in [2.75, 3.05) is 11.0 Å². The number of halogens is 2. The quantitative estimate of drug-likeness (QED) is 0.820. The minimum Gasteiger partial charge on any atom is -0.347 e. The Bertz CT molecular complexity index is 569. The molecule has 3 nitrogen and oxygen atoms in total. The number of hydrogen-bond acceptors (Lipinski definition) is 3. The van der Waals surface area contributed by atoms with Crippen LogP contribution in [0.3, 0.4) is 0 Å². The molecule has 3 saturated carbocycles. The highest BCUT2D eigenvalue weighted by Crippen LogP contribution is 2.49. The molecule has 1 aromatic carbocycles. The fourth-order valence-electron chi connectivity index (χ4n) is 3.54. The number of nitrogens with one attached hydrogen (secondary N) is 2. The lowest BCUT2D eigenvalue weighted by Crippen LogP contribution is -2.57. The second kappa shape index (κ2) is 5.72. The van der Waals surface area contributed by atoms with Gasteiger partial charge in [0, 0.05) is 11.8 Å². The third-order valence-electron chi connectivity index (χ3n) is 4.97. The predicted octanol–water partition coefficient (Wildman–Crippen LogP) is 4.06. The summed E-state index contributed by atoms with van der Waals surface area (Å²) in [6.07, 6.45) is 5.42. The van der Waals surface area contributed by atoms with E-state index in [0.717, 1.165) is 0 Å². The maximum atomic E-state index is 14.2. The lowest BCUT2D eigenvalue weighted by atomic mass is 9.64. The molecule has 0 saturated heterocycles. The number of amides is 1. The number of hydrogen-bond donors (Lipinski definition) is 2. The minimum atomic E-state index is -1.02. The second-order valence-corrected chi connectivity index (χ2v) is 6.99. The molecule has 3 aliphatic carbocycles. The standard InChI is InChI=1S/C16H20F2N2OS/c1-22-20-13-10-11(17)2-3-12(13)14(21)19-16-7-4-15(18,5-8-16)6-9-16/h2-3,10,20H,4-9H2,1H3,(H,19,21). The summed E-state index contributed by atoms with van der Waals surface area (Å²) in [7, 11) is 0. The Balaban J connectivity index is 1.78. The van der Waals surface area contributed by atoms with Crippen molar-refractivity contribution in [1.82, 2.24) is 5.32 Å². The van der Waals surface area contributed by atoms with Gasteiger partial charge in [0.1, 0.15) is 11.5 Å². The van der Waals surface area contributed by atoms with Crippen LogP contribution in [0.2, 0.25) is 0 Å². The van der Waals surface area contributed by atoms with Crippen molar-refractivity contribution in [1.29, 1.82) is 0 Å². The lowest BCUT2D eigenvalue weighted by Gasteiger charge is -2.50. The number of fused-ring (bicyclic) bond motifs is 3. The van der Waals surface area contributed by atoms with E-state index >= 15 is 0 Å². The van der Waals surface area contributed by atoms with Gasteiger partial charge in [0.2, 0.25) is 0 Å². The van der Waals surface area contributed by atoms with Crippen LogP contribution in [0, 0.1) is 5.82 Å². The van der Waals surface area contributed by atoms with Gasteiger partial charge in [-0.05, 0) is 56.7 Å². The summed E-state index contributed by atoms with van der Waals surface area (Å²) >= 11 is 1.31. The van der Waals surface area contributed by atoms with Crippen LogP contribution in [-0.2, 0) is 0 Å². The summed E-state index contributed by atoms with van der Waals surface area (Å²) in [5.41, 5.74) is -0.426. The van der Waals surface area contributed by atoms with E-state index in [2.05, 4.69) is 10.0 Å². The molecule has 0 atom stereocenters. The van der Waals surface area contributed by atoms with Crippen LogP contribution in [0.15, 0.2) is 18.2 Å². The third-order valence-corrected chi connectivity index (χ3v) is 5.40. The number of benzene rings is 1. The van der Waals surface area contributed by atoms with Gasteiger partial charge in [-0.3, -0.25) is 4.79 Å². The molecule has 0 radical (unpaired) electrons. The average molecular weight is 326 g/mol. The van der Waals surface area contributed by atoms with Crippen LogP contribution >= 0.6 is 11.9 Å². The third kappa shape index (κ3) is 2.93. The SMILES string of the molecule is CSNc1cc(F)ccc1C(=O)NC12CCC(F)(CC1)CC2. The van der Waals surface area contributed by atoms with Crippen molar-refractivity contribution in [2.24, 2.45) is 0 Å². The van der Waals surface area contributed by atoms with Gasteiger partial charge in [0.25, 0.3) is 5.91 Å². The van der Waals surface area contributed by atoms with Crippen LogP contribution in [-0.4, -0.2) is 23.4 Å². The number of carbonyl (C=O) groups excluding carboxylic acids is 1. The molecule has 3 fully saturated rings. The Hall–Kier alpha value is -1.30. The molecule has 0 unspecified atom stereocenters. The van der Waals surface area contributed by atoms with Gasteiger partial charge >= 0.3 is 0 Å². The number of anilines is 1. The van der Waals surface area contributed by atoms with E-state index in [1.165, 1.54) is 30.1 Å². The van der Waals surface area contributed by atoms with Crippen molar-refractivity contribution in [3.63, 3.8) is 0 Å². The fraction of sp³-hybridized carbons (Fsp3) is 0.562. The highest BCUT2D eigenvalue weighted by Gasteiger charge is 2.49. The molecule has 4 rings (SSSR count). The molecular weight excluding hydrogens is 306 g/mol. The summed E-state index contributed by atoms with van der Waals surface area (Å²) < 4.78 is 30.5. The van der Waals surface area contributed by atoms with Crippen molar-refractivity contribution in [3.05, 3.63) is 29.6 Å². The van der Waals surface area contributed by atoms with Crippen LogP contribution in [0.4, 0.5) is 14.5 Å². The van der Waals surface area contributed by atoms with Gasteiger partial charge in [0.15, 0.2) is 0 Å². The molecule has 6 heteroatoms. The number of alkyl halides is 1. The average Bonchev–Trinajstić information content (AvgIpc) is 2.49. The molecule has 0 spiro atoms. The van der Waals surface area contributed by atoms with Gasteiger partial charge < -0.3 is 10.0 Å². The lowest BCUT2D eigenvalue weighted by molar-refractivity contribution is -0.00649. The molecule has 120 valence electrons. The minimum absolute atomic E-state index is 0.218. The van der Waals surface area contributed by atoms with Crippen LogP contribution < -0.4 is 10.0 Å². The molecule has 2 N–H and O–H groups in total. The maximum absolute atomic E-state index is 14.2. The Kier molecular flexibility index (Phi) is 4.05. The predicted molar refractivity (Wildman–Crippen MR) is 85.3 cm³/mol. The summed E-state index contributed by atoms with van der Waals surface area (Å²) in [4.78, 5) is 12.6. The van der Waals surface area contributed by atoms with Gasteiger partial charge in [-0.15, -0.1) is 0 Å². The van der Waals surface area contributed by atoms with E-state index in [-0.39, 0.29) is 17.3 Å². The van der Waals surface area contributed by atoms with E-state index < -0.39 is 5.67 Å². The summed E-state index contributed by atoms with van der Waals surface area (Å²) in [6.45, 7) is 0. The van der Waals surface area contributed by atoms with Gasteiger partial charge in [-0.2, -0.15) is 0 Å². The fourth-order valence-corrected chi connectivity index (χ4v) is 3.93. The Morgan fingerprint density at radius 3 is 2.41 bits per heavy atom. The topological polar surface area (TPSA) is 41.1 Å². The van der Waals surface area contributed by atoms with E-state index in [1.54, 1.807) is 0 Å². The molecule has 0 aliphatic heterocycles. The van der Waals surface area contributed by atoms with Gasteiger partial charge in [-0.1, -0.05) is 11.9 Å². The second-order valence-electron chi connectivity index (χ2n) is 6.38. The monoisotopic (exact) mass is 326 g/mol. The Labute approximate surface area is 133 Å². The van der Waals surface area contributed by atoms with Gasteiger partial charge in [-0.25, -0.2) is 8.78 Å². The summed E-state index contributed by atoms with van der Waals surface area (Å²) in [5.74, 6) is -0.603. The van der Waals surface area contributed by atoms with Crippen molar-refractivity contribution in [3.8, 4) is 0 Å². The van der Waals surface area contributed by atoms with E-state index in [0.29, 0.717) is 49.8 Å². The number of rotatable bonds is 4. The summed E-state index contributed by atoms with van der Waals surface area (Å²) in [6, 6.07) is 4.09. The molecular formula is C16H20F2N2OS. The molecule has 0 heterocycles.